The van der Waals surface area contributed by atoms with Crippen LogP contribution < -0.4 is 25.2 Å². The maximum Gasteiger partial charge on any atom is 0.330 e. The molecule has 1 saturated carbocycles. The number of ether oxygens (including phenoxy) is 1. The van der Waals surface area contributed by atoms with Crippen LogP contribution in [-0.4, -0.2) is 48.1 Å². The first-order valence-corrected chi connectivity index (χ1v) is 10.7. The lowest BCUT2D eigenvalue weighted by atomic mass is 9.90. The van der Waals surface area contributed by atoms with E-state index in [1.54, 1.807) is 25.3 Å². The average molecular weight is 437 g/mol. The SMILES string of the molecule is C=CC(=O)NC1CCCCC1Nc1ncc2c(n1)N(C)C(=O)N(c1ccc(OC)cc1)C2. The molecule has 168 valence electrons. The molecule has 0 bridgehead atoms. The number of nitrogens with one attached hydrogen (secondary N) is 2. The lowest BCUT2D eigenvalue weighted by molar-refractivity contribution is -0.117. The Kier molecular flexibility index (Phi) is 6.25. The summed E-state index contributed by atoms with van der Waals surface area (Å²) in [5, 5.41) is 6.36. The topological polar surface area (TPSA) is 99.7 Å². The smallest absolute Gasteiger partial charge is 0.330 e. The Bertz CT molecular complexity index is 1010. The number of hydrogen-bond donors (Lipinski definition) is 2. The van der Waals surface area contributed by atoms with E-state index in [1.807, 2.05) is 24.3 Å². The average Bonchev–Trinajstić information content (AvgIpc) is 2.83. The molecular formula is C23H28N6O3. The Morgan fingerprint density at radius 3 is 2.62 bits per heavy atom. The van der Waals surface area contributed by atoms with Gasteiger partial charge in [-0.2, -0.15) is 4.98 Å². The van der Waals surface area contributed by atoms with E-state index in [1.165, 1.54) is 11.0 Å². The third-order valence-electron chi connectivity index (χ3n) is 5.98. The molecule has 0 saturated heterocycles. The van der Waals surface area contributed by atoms with Gasteiger partial charge in [0.25, 0.3) is 0 Å². The van der Waals surface area contributed by atoms with Crippen LogP contribution in [0.3, 0.4) is 0 Å². The first kappa shape index (κ1) is 21.6. The molecule has 3 amide bonds. The molecule has 0 radical (unpaired) electrons. The molecule has 4 rings (SSSR count). The number of carbonyl (C=O) groups is 2. The molecule has 1 fully saturated rings. The number of urea groups is 1. The van der Waals surface area contributed by atoms with Crippen LogP contribution in [0.5, 0.6) is 5.75 Å². The number of hydrogen-bond acceptors (Lipinski definition) is 6. The van der Waals surface area contributed by atoms with E-state index < -0.39 is 0 Å². The Hall–Kier alpha value is -3.62. The first-order valence-electron chi connectivity index (χ1n) is 10.7. The molecule has 1 aliphatic heterocycles. The minimum atomic E-state index is -0.181. The van der Waals surface area contributed by atoms with Crippen LogP contribution in [0.25, 0.3) is 0 Å². The quantitative estimate of drug-likeness (QED) is 0.675. The van der Waals surface area contributed by atoms with E-state index in [-0.39, 0.29) is 24.0 Å². The van der Waals surface area contributed by atoms with Crippen LogP contribution in [0.4, 0.5) is 22.2 Å². The third kappa shape index (κ3) is 4.37. The van der Waals surface area contributed by atoms with Crippen molar-refractivity contribution >= 4 is 29.4 Å². The first-order chi connectivity index (χ1) is 15.5. The van der Waals surface area contributed by atoms with E-state index in [2.05, 4.69) is 27.2 Å². The van der Waals surface area contributed by atoms with E-state index in [4.69, 9.17) is 4.74 Å². The molecule has 9 heteroatoms. The number of carbonyl (C=O) groups excluding carboxylic acids is 2. The zero-order chi connectivity index (χ0) is 22.7. The third-order valence-corrected chi connectivity index (χ3v) is 5.98. The standard InChI is InChI=1S/C23H28N6O3/c1-4-20(30)25-18-7-5-6-8-19(18)26-22-24-13-15-14-29(23(31)28(2)21(15)27-22)16-9-11-17(32-3)12-10-16/h4,9-13,18-19H,1,5-8,14H2,2-3H3,(H,25,30)(H,24,26,27). The number of benzene rings is 1. The minimum Gasteiger partial charge on any atom is -0.497 e. The highest BCUT2D eigenvalue weighted by atomic mass is 16.5. The molecule has 2 aliphatic rings. The van der Waals surface area contributed by atoms with Gasteiger partial charge in [0.2, 0.25) is 11.9 Å². The van der Waals surface area contributed by atoms with Crippen LogP contribution in [0.15, 0.2) is 43.1 Å². The molecule has 2 N–H and O–H groups in total. The van der Waals surface area contributed by atoms with Crippen LogP contribution in [-0.2, 0) is 11.3 Å². The van der Waals surface area contributed by atoms with Gasteiger partial charge in [0.15, 0.2) is 0 Å². The van der Waals surface area contributed by atoms with Gasteiger partial charge < -0.3 is 15.4 Å². The van der Waals surface area contributed by atoms with Crippen LogP contribution in [0.2, 0.25) is 0 Å². The van der Waals surface area contributed by atoms with Crippen molar-refractivity contribution in [3.05, 3.63) is 48.7 Å². The van der Waals surface area contributed by atoms with E-state index >= 15 is 0 Å². The van der Waals surface area contributed by atoms with Gasteiger partial charge in [-0.3, -0.25) is 14.6 Å². The highest BCUT2D eigenvalue weighted by molar-refractivity contribution is 6.05. The maximum atomic E-state index is 13.0. The minimum absolute atomic E-state index is 0.0150. The van der Waals surface area contributed by atoms with Crippen molar-refractivity contribution in [3.8, 4) is 5.75 Å². The lowest BCUT2D eigenvalue weighted by Crippen LogP contribution is -2.48. The summed E-state index contributed by atoms with van der Waals surface area (Å²) >= 11 is 0. The van der Waals surface area contributed by atoms with E-state index in [0.29, 0.717) is 18.3 Å². The molecule has 2 heterocycles. The summed E-state index contributed by atoms with van der Waals surface area (Å²) in [6.45, 7) is 3.91. The second kappa shape index (κ2) is 9.25. The maximum absolute atomic E-state index is 13.0. The summed E-state index contributed by atoms with van der Waals surface area (Å²) in [5.41, 5.74) is 1.63. The van der Waals surface area contributed by atoms with Crippen molar-refractivity contribution in [2.24, 2.45) is 0 Å². The van der Waals surface area contributed by atoms with Crippen molar-refractivity contribution in [2.75, 3.05) is 29.3 Å². The molecule has 32 heavy (non-hydrogen) atoms. The second-order valence-electron chi connectivity index (χ2n) is 8.02. The summed E-state index contributed by atoms with van der Waals surface area (Å²) < 4.78 is 5.20. The van der Waals surface area contributed by atoms with Gasteiger partial charge >= 0.3 is 6.03 Å². The number of aromatic nitrogens is 2. The highest BCUT2D eigenvalue weighted by Crippen LogP contribution is 2.31. The van der Waals surface area contributed by atoms with Crippen LogP contribution >= 0.6 is 0 Å². The van der Waals surface area contributed by atoms with Gasteiger partial charge in [0.1, 0.15) is 11.6 Å². The summed E-state index contributed by atoms with van der Waals surface area (Å²) in [6, 6.07) is 7.20. The van der Waals surface area contributed by atoms with Crippen LogP contribution in [0, 0.1) is 0 Å². The van der Waals surface area contributed by atoms with Gasteiger partial charge in [0, 0.05) is 36.6 Å². The van der Waals surface area contributed by atoms with Gasteiger partial charge in [-0.15, -0.1) is 0 Å². The molecule has 1 aliphatic carbocycles. The molecule has 2 aromatic rings. The molecule has 9 nitrogen and oxygen atoms in total. The van der Waals surface area contributed by atoms with Gasteiger partial charge in [-0.05, 0) is 43.2 Å². The fraction of sp³-hybridized carbons (Fsp3) is 0.391. The molecule has 2 atom stereocenters. The zero-order valence-electron chi connectivity index (χ0n) is 18.4. The number of amides is 3. The molecule has 2 unspecified atom stereocenters. The molecule has 0 spiro atoms. The Labute approximate surface area is 187 Å². The lowest BCUT2D eigenvalue weighted by Gasteiger charge is -2.35. The van der Waals surface area contributed by atoms with E-state index in [0.717, 1.165) is 42.7 Å². The Balaban J connectivity index is 1.52. The monoisotopic (exact) mass is 436 g/mol. The number of methoxy groups -OCH3 is 1. The highest BCUT2D eigenvalue weighted by Gasteiger charge is 2.32. The van der Waals surface area contributed by atoms with Crippen molar-refractivity contribution in [2.45, 2.75) is 44.3 Å². The van der Waals surface area contributed by atoms with Crippen LogP contribution in [0.1, 0.15) is 31.2 Å². The van der Waals surface area contributed by atoms with Crippen molar-refractivity contribution < 1.29 is 14.3 Å². The fourth-order valence-corrected chi connectivity index (χ4v) is 4.23. The fourth-order valence-electron chi connectivity index (χ4n) is 4.23. The van der Waals surface area contributed by atoms with Crippen molar-refractivity contribution in [1.82, 2.24) is 15.3 Å². The Morgan fingerprint density at radius 2 is 1.94 bits per heavy atom. The number of nitrogens with zero attached hydrogens (tertiary/aromatic N) is 4. The summed E-state index contributed by atoms with van der Waals surface area (Å²) in [6.07, 6.45) is 6.96. The van der Waals surface area contributed by atoms with Gasteiger partial charge in [-0.25, -0.2) is 9.78 Å². The Morgan fingerprint density at radius 1 is 1.22 bits per heavy atom. The second-order valence-corrected chi connectivity index (χ2v) is 8.02. The zero-order valence-corrected chi connectivity index (χ0v) is 18.4. The number of fused-ring (bicyclic) bond motifs is 1. The summed E-state index contributed by atoms with van der Waals surface area (Å²) in [5.74, 6) is 1.58. The van der Waals surface area contributed by atoms with Gasteiger partial charge in [0.05, 0.1) is 13.7 Å². The van der Waals surface area contributed by atoms with Crippen molar-refractivity contribution in [1.29, 1.82) is 0 Å². The van der Waals surface area contributed by atoms with Gasteiger partial charge in [-0.1, -0.05) is 19.4 Å². The largest absolute Gasteiger partial charge is 0.497 e. The predicted octanol–water partition coefficient (Wildman–Crippen LogP) is 3.09. The molecular weight excluding hydrogens is 408 g/mol. The van der Waals surface area contributed by atoms with E-state index in [9.17, 15) is 9.59 Å². The number of rotatable bonds is 6. The van der Waals surface area contributed by atoms with Crippen molar-refractivity contribution in [3.63, 3.8) is 0 Å². The summed E-state index contributed by atoms with van der Waals surface area (Å²) in [4.78, 5) is 37.2. The normalized spacial score (nSPS) is 20.4. The molecule has 1 aromatic carbocycles. The predicted molar refractivity (Wildman–Crippen MR) is 123 cm³/mol. The number of anilines is 3. The summed E-state index contributed by atoms with van der Waals surface area (Å²) in [7, 11) is 3.32. The molecule has 1 aromatic heterocycles.